The number of ketones is 1. The first-order chi connectivity index (χ1) is 12.9. The molecule has 2 rings (SSSR count). The molecule has 0 heterocycles. The number of carbonyl (C=O) groups is 3. The average Bonchev–Trinajstić information content (AvgIpc) is 2.66. The molecule has 0 spiro atoms. The number of amides is 1. The number of methoxy groups -OCH3 is 1. The van der Waals surface area contributed by atoms with Gasteiger partial charge in [-0.05, 0) is 42.0 Å². The van der Waals surface area contributed by atoms with E-state index in [-0.39, 0.29) is 25.2 Å². The summed E-state index contributed by atoms with van der Waals surface area (Å²) in [6, 6.07) is 12.0. The van der Waals surface area contributed by atoms with Crippen molar-refractivity contribution in [2.24, 2.45) is 0 Å². The lowest BCUT2D eigenvalue weighted by atomic mass is 10.1. The van der Waals surface area contributed by atoms with Crippen LogP contribution in [0.25, 0.3) is 0 Å². The largest absolute Gasteiger partial charge is 0.497 e. The minimum atomic E-state index is -1.16. The van der Waals surface area contributed by atoms with Crippen molar-refractivity contribution in [2.45, 2.75) is 19.4 Å². The van der Waals surface area contributed by atoms with Gasteiger partial charge in [0, 0.05) is 24.9 Å². The summed E-state index contributed by atoms with van der Waals surface area (Å²) >= 11 is 0. The van der Waals surface area contributed by atoms with Crippen molar-refractivity contribution < 1.29 is 28.6 Å². The topological polar surface area (TPSA) is 83.9 Å². The van der Waals surface area contributed by atoms with Crippen molar-refractivity contribution in [1.29, 1.82) is 0 Å². The maximum absolute atomic E-state index is 13.0. The number of Topliss-reactive ketones (excluding diaryl/α,β-unsaturated/α-hetero) is 1. The van der Waals surface area contributed by atoms with Gasteiger partial charge >= 0.3 is 5.97 Å². The van der Waals surface area contributed by atoms with Gasteiger partial charge in [0.25, 0.3) is 0 Å². The molecule has 0 aliphatic heterocycles. The molecule has 0 fully saturated rings. The highest BCUT2D eigenvalue weighted by molar-refractivity contribution is 5.98. The number of carbonyl (C=O) groups excluding carboxylic acids is 2. The van der Waals surface area contributed by atoms with E-state index in [1.165, 1.54) is 31.4 Å². The van der Waals surface area contributed by atoms with Gasteiger partial charge in [0.1, 0.15) is 18.1 Å². The summed E-state index contributed by atoms with van der Waals surface area (Å²) in [5.41, 5.74) is 1.06. The van der Waals surface area contributed by atoms with Crippen LogP contribution < -0.4 is 4.74 Å². The van der Waals surface area contributed by atoms with Crippen molar-refractivity contribution in [1.82, 2.24) is 4.90 Å². The number of carboxylic acid groups (broad SMARTS) is 1. The molecule has 142 valence electrons. The van der Waals surface area contributed by atoms with E-state index in [0.29, 0.717) is 16.9 Å². The van der Waals surface area contributed by atoms with Crippen LogP contribution in [0.1, 0.15) is 28.8 Å². The van der Waals surface area contributed by atoms with E-state index in [1.54, 1.807) is 24.3 Å². The van der Waals surface area contributed by atoms with Crippen LogP contribution in [0.4, 0.5) is 4.39 Å². The SMILES string of the molecule is COc1ccc(C(=O)CCC(=O)N(CC(=O)O)Cc2ccc(F)cc2)cc1. The minimum absolute atomic E-state index is 0.0299. The van der Waals surface area contributed by atoms with Gasteiger partial charge in [-0.15, -0.1) is 0 Å². The zero-order valence-electron chi connectivity index (χ0n) is 14.9. The van der Waals surface area contributed by atoms with Gasteiger partial charge in [-0.1, -0.05) is 12.1 Å². The third-order valence-electron chi connectivity index (χ3n) is 3.94. The number of benzene rings is 2. The summed E-state index contributed by atoms with van der Waals surface area (Å²) in [6.07, 6.45) is -0.149. The van der Waals surface area contributed by atoms with Gasteiger partial charge in [-0.2, -0.15) is 0 Å². The van der Waals surface area contributed by atoms with Gasteiger partial charge < -0.3 is 14.7 Å². The van der Waals surface area contributed by atoms with E-state index >= 15 is 0 Å². The summed E-state index contributed by atoms with van der Waals surface area (Å²) in [5, 5.41) is 9.03. The molecule has 0 saturated carbocycles. The number of ether oxygens (including phenoxy) is 1. The van der Waals surface area contributed by atoms with Crippen molar-refractivity contribution in [3.8, 4) is 5.75 Å². The molecule has 2 aromatic rings. The molecule has 0 aliphatic rings. The normalized spacial score (nSPS) is 10.3. The summed E-state index contributed by atoms with van der Waals surface area (Å²) in [4.78, 5) is 36.8. The van der Waals surface area contributed by atoms with E-state index in [1.807, 2.05) is 0 Å². The summed E-state index contributed by atoms with van der Waals surface area (Å²) in [5.74, 6) is -1.63. The molecular weight excluding hydrogens is 353 g/mol. The van der Waals surface area contributed by atoms with Gasteiger partial charge in [0.2, 0.25) is 5.91 Å². The number of aliphatic carboxylic acids is 1. The standard InChI is InChI=1S/C20H20FNO5/c1-27-17-8-4-15(5-9-17)18(23)10-11-19(24)22(13-20(25)26)12-14-2-6-16(21)7-3-14/h2-9H,10-13H2,1H3,(H,25,26). The van der Waals surface area contributed by atoms with Gasteiger partial charge in [0.05, 0.1) is 7.11 Å². The van der Waals surface area contributed by atoms with Crippen LogP contribution in [0, 0.1) is 5.82 Å². The molecule has 0 saturated heterocycles. The van der Waals surface area contributed by atoms with Gasteiger partial charge in [-0.25, -0.2) is 4.39 Å². The number of hydrogen-bond acceptors (Lipinski definition) is 4. The highest BCUT2D eigenvalue weighted by Crippen LogP contribution is 2.14. The van der Waals surface area contributed by atoms with Crippen LogP contribution in [0.5, 0.6) is 5.75 Å². The van der Waals surface area contributed by atoms with E-state index in [0.717, 1.165) is 4.90 Å². The third-order valence-corrected chi connectivity index (χ3v) is 3.94. The van der Waals surface area contributed by atoms with Crippen LogP contribution in [0.2, 0.25) is 0 Å². The molecule has 1 N–H and O–H groups in total. The van der Waals surface area contributed by atoms with Crippen LogP contribution in [0.3, 0.4) is 0 Å². The molecule has 0 unspecified atom stereocenters. The van der Waals surface area contributed by atoms with Crippen molar-refractivity contribution in [3.05, 3.63) is 65.5 Å². The Balaban J connectivity index is 1.98. The second-order valence-electron chi connectivity index (χ2n) is 5.92. The Morgan fingerprint density at radius 2 is 1.63 bits per heavy atom. The molecule has 0 atom stereocenters. The lowest BCUT2D eigenvalue weighted by Crippen LogP contribution is -2.35. The quantitative estimate of drug-likeness (QED) is 0.683. The average molecular weight is 373 g/mol. The maximum atomic E-state index is 13.0. The highest BCUT2D eigenvalue weighted by Gasteiger charge is 2.19. The minimum Gasteiger partial charge on any atom is -0.497 e. The Bertz CT molecular complexity index is 802. The molecule has 2 aromatic carbocycles. The molecule has 0 aliphatic carbocycles. The first-order valence-electron chi connectivity index (χ1n) is 8.30. The Morgan fingerprint density at radius 3 is 2.19 bits per heavy atom. The van der Waals surface area contributed by atoms with Crippen LogP contribution in [0.15, 0.2) is 48.5 Å². The molecule has 1 amide bonds. The molecule has 0 radical (unpaired) electrons. The van der Waals surface area contributed by atoms with E-state index < -0.39 is 24.2 Å². The number of rotatable bonds is 9. The van der Waals surface area contributed by atoms with Gasteiger partial charge in [-0.3, -0.25) is 14.4 Å². The second kappa shape index (κ2) is 9.47. The number of hydrogen-bond donors (Lipinski definition) is 1. The lowest BCUT2D eigenvalue weighted by molar-refractivity contribution is -0.144. The predicted molar refractivity (Wildman–Crippen MR) is 96.0 cm³/mol. The fourth-order valence-electron chi connectivity index (χ4n) is 2.51. The number of nitrogens with zero attached hydrogens (tertiary/aromatic N) is 1. The lowest BCUT2D eigenvalue weighted by Gasteiger charge is -2.21. The van der Waals surface area contributed by atoms with Crippen molar-refractivity contribution in [3.63, 3.8) is 0 Å². The molecule has 0 bridgehead atoms. The zero-order chi connectivity index (χ0) is 19.8. The first kappa shape index (κ1) is 20.1. The predicted octanol–water partition coefficient (Wildman–Crippen LogP) is 2.91. The van der Waals surface area contributed by atoms with Crippen LogP contribution in [-0.2, 0) is 16.1 Å². The maximum Gasteiger partial charge on any atom is 0.323 e. The van der Waals surface area contributed by atoms with E-state index in [9.17, 15) is 18.8 Å². The van der Waals surface area contributed by atoms with Crippen LogP contribution >= 0.6 is 0 Å². The molecule has 27 heavy (non-hydrogen) atoms. The molecule has 7 heteroatoms. The Labute approximate surface area is 156 Å². The van der Waals surface area contributed by atoms with Crippen molar-refractivity contribution in [2.75, 3.05) is 13.7 Å². The number of carboxylic acids is 1. The summed E-state index contributed by atoms with van der Waals surface area (Å²) in [7, 11) is 1.52. The highest BCUT2D eigenvalue weighted by atomic mass is 19.1. The zero-order valence-corrected chi connectivity index (χ0v) is 14.9. The fraction of sp³-hybridized carbons (Fsp3) is 0.250. The fourth-order valence-corrected chi connectivity index (χ4v) is 2.51. The third kappa shape index (κ3) is 6.22. The summed E-state index contributed by atoms with van der Waals surface area (Å²) in [6.45, 7) is -0.463. The Kier molecular flexibility index (Phi) is 7.05. The molecule has 6 nitrogen and oxygen atoms in total. The smallest absolute Gasteiger partial charge is 0.323 e. The monoisotopic (exact) mass is 373 g/mol. The Hall–Kier alpha value is -3.22. The number of halogens is 1. The summed E-state index contributed by atoms with van der Waals surface area (Å²) < 4.78 is 18.0. The Morgan fingerprint density at radius 1 is 1.00 bits per heavy atom. The van der Waals surface area contributed by atoms with E-state index in [4.69, 9.17) is 9.84 Å². The van der Waals surface area contributed by atoms with Crippen LogP contribution in [-0.4, -0.2) is 41.3 Å². The van der Waals surface area contributed by atoms with Gasteiger partial charge in [0.15, 0.2) is 5.78 Å². The molecular formula is C20H20FNO5. The van der Waals surface area contributed by atoms with E-state index in [2.05, 4.69) is 0 Å². The van der Waals surface area contributed by atoms with Crippen molar-refractivity contribution >= 4 is 17.7 Å². The first-order valence-corrected chi connectivity index (χ1v) is 8.30. The second-order valence-corrected chi connectivity index (χ2v) is 5.92. The molecule has 0 aromatic heterocycles.